The number of benzene rings is 1. The largest absolute Gasteiger partial charge is 0.383 e. The van der Waals surface area contributed by atoms with E-state index in [9.17, 15) is 0 Å². The van der Waals surface area contributed by atoms with E-state index in [-0.39, 0.29) is 6.10 Å². The van der Waals surface area contributed by atoms with Crippen molar-refractivity contribution in [2.45, 2.75) is 32.4 Å². The molecule has 1 atom stereocenters. The summed E-state index contributed by atoms with van der Waals surface area (Å²) in [5, 5.41) is 13.0. The van der Waals surface area contributed by atoms with Crippen LogP contribution in [0.5, 0.6) is 0 Å². The molecule has 1 fully saturated rings. The highest BCUT2D eigenvalue weighted by molar-refractivity contribution is 5.69. The van der Waals surface area contributed by atoms with Crippen LogP contribution in [0.3, 0.4) is 0 Å². The molecule has 124 valence electrons. The fraction of sp³-hybridized carbons (Fsp3) is 0.353. The van der Waals surface area contributed by atoms with E-state index in [1.807, 2.05) is 37.3 Å². The molecule has 1 saturated heterocycles. The molecule has 0 bridgehead atoms. The molecular formula is C17H20N6O. The second-order valence-corrected chi connectivity index (χ2v) is 6.01. The highest BCUT2D eigenvalue weighted by Crippen LogP contribution is 2.28. The predicted molar refractivity (Wildman–Crippen MR) is 90.7 cm³/mol. The van der Waals surface area contributed by atoms with Crippen LogP contribution in [0.1, 0.15) is 18.7 Å². The highest BCUT2D eigenvalue weighted by Gasteiger charge is 2.22. The second kappa shape index (κ2) is 6.09. The summed E-state index contributed by atoms with van der Waals surface area (Å²) in [5.41, 5.74) is 8.05. The van der Waals surface area contributed by atoms with Crippen LogP contribution in [-0.4, -0.2) is 37.3 Å². The minimum absolute atomic E-state index is 0.212. The maximum atomic E-state index is 6.34. The topological polar surface area (TPSA) is 83.8 Å². The van der Waals surface area contributed by atoms with Gasteiger partial charge in [0.25, 0.3) is 0 Å². The molecule has 4 rings (SSSR count). The minimum atomic E-state index is 0.212. The number of hydrogen-bond donors (Lipinski definition) is 1. The van der Waals surface area contributed by atoms with E-state index < -0.39 is 0 Å². The molecule has 7 nitrogen and oxygen atoms in total. The van der Waals surface area contributed by atoms with Crippen LogP contribution in [0.25, 0.3) is 17.1 Å². The van der Waals surface area contributed by atoms with Crippen molar-refractivity contribution >= 4 is 5.82 Å². The number of nitrogens with zero attached hydrogens (tertiary/aromatic N) is 5. The number of ether oxygens (including phenoxy) is 1. The Morgan fingerprint density at radius 3 is 2.83 bits per heavy atom. The maximum Gasteiger partial charge on any atom is 0.169 e. The molecule has 0 unspecified atom stereocenters. The third-order valence-electron chi connectivity index (χ3n) is 4.39. The third-order valence-corrected chi connectivity index (χ3v) is 4.39. The summed E-state index contributed by atoms with van der Waals surface area (Å²) in [6.45, 7) is 3.52. The van der Waals surface area contributed by atoms with Gasteiger partial charge in [0.1, 0.15) is 11.6 Å². The van der Waals surface area contributed by atoms with Crippen LogP contribution in [0.4, 0.5) is 5.82 Å². The number of hydrogen-bond acceptors (Lipinski definition) is 5. The van der Waals surface area contributed by atoms with Gasteiger partial charge in [0.2, 0.25) is 0 Å². The van der Waals surface area contributed by atoms with Gasteiger partial charge in [-0.2, -0.15) is 5.10 Å². The Morgan fingerprint density at radius 2 is 2.08 bits per heavy atom. The fourth-order valence-corrected chi connectivity index (χ4v) is 3.10. The Hall–Kier alpha value is -2.67. The number of para-hydroxylation sites is 1. The van der Waals surface area contributed by atoms with Crippen molar-refractivity contribution in [2.75, 3.05) is 12.3 Å². The normalized spacial score (nSPS) is 17.5. The van der Waals surface area contributed by atoms with E-state index in [1.54, 1.807) is 10.9 Å². The van der Waals surface area contributed by atoms with Crippen molar-refractivity contribution < 1.29 is 4.74 Å². The van der Waals surface area contributed by atoms with Gasteiger partial charge < -0.3 is 15.0 Å². The Bertz CT molecular complexity index is 832. The second-order valence-electron chi connectivity index (χ2n) is 6.01. The van der Waals surface area contributed by atoms with Crippen LogP contribution >= 0.6 is 0 Å². The van der Waals surface area contributed by atoms with Crippen molar-refractivity contribution in [2.24, 2.45) is 0 Å². The summed E-state index contributed by atoms with van der Waals surface area (Å²) in [7, 11) is 0. The van der Waals surface area contributed by atoms with Crippen molar-refractivity contribution in [1.29, 1.82) is 0 Å². The lowest BCUT2D eigenvalue weighted by molar-refractivity contribution is 0.0968. The monoisotopic (exact) mass is 324 g/mol. The van der Waals surface area contributed by atoms with Crippen LogP contribution in [-0.2, 0) is 11.3 Å². The molecule has 0 spiro atoms. The van der Waals surface area contributed by atoms with Crippen LogP contribution in [0.2, 0.25) is 0 Å². The molecule has 2 N–H and O–H groups in total. The van der Waals surface area contributed by atoms with Gasteiger partial charge in [-0.1, -0.05) is 18.2 Å². The van der Waals surface area contributed by atoms with Gasteiger partial charge in [0, 0.05) is 6.61 Å². The molecular weight excluding hydrogens is 304 g/mol. The number of nitrogen functional groups attached to an aromatic ring is 1. The van der Waals surface area contributed by atoms with E-state index in [2.05, 4.69) is 19.9 Å². The summed E-state index contributed by atoms with van der Waals surface area (Å²) in [5.74, 6) is 2.15. The van der Waals surface area contributed by atoms with Gasteiger partial charge in [-0.15, -0.1) is 10.2 Å². The lowest BCUT2D eigenvalue weighted by Crippen LogP contribution is -2.17. The summed E-state index contributed by atoms with van der Waals surface area (Å²) in [6, 6.07) is 9.82. The third kappa shape index (κ3) is 2.56. The smallest absolute Gasteiger partial charge is 0.169 e. The molecule has 3 heterocycles. The molecule has 0 saturated carbocycles. The van der Waals surface area contributed by atoms with E-state index in [1.165, 1.54) is 0 Å². The van der Waals surface area contributed by atoms with E-state index in [4.69, 9.17) is 10.5 Å². The fourth-order valence-electron chi connectivity index (χ4n) is 3.10. The van der Waals surface area contributed by atoms with Gasteiger partial charge in [0.15, 0.2) is 5.82 Å². The molecule has 24 heavy (non-hydrogen) atoms. The number of nitrogens with two attached hydrogens (primary N) is 1. The molecule has 1 aliphatic heterocycles. The molecule has 2 aromatic heterocycles. The molecule has 3 aromatic rings. The molecule has 1 aliphatic rings. The van der Waals surface area contributed by atoms with Gasteiger partial charge >= 0.3 is 0 Å². The number of aryl methyl sites for hydroxylation is 1. The Balaban J connectivity index is 1.71. The van der Waals surface area contributed by atoms with Gasteiger partial charge in [-0.05, 0) is 31.9 Å². The molecule has 0 amide bonds. The first-order chi connectivity index (χ1) is 11.7. The van der Waals surface area contributed by atoms with Crippen LogP contribution in [0, 0.1) is 6.92 Å². The first-order valence-electron chi connectivity index (χ1n) is 8.14. The summed E-state index contributed by atoms with van der Waals surface area (Å²) < 4.78 is 9.53. The zero-order valence-corrected chi connectivity index (χ0v) is 13.6. The van der Waals surface area contributed by atoms with Gasteiger partial charge in [-0.3, -0.25) is 0 Å². The number of aromatic nitrogens is 5. The maximum absolute atomic E-state index is 6.34. The average Bonchev–Trinajstić information content (AvgIpc) is 3.32. The zero-order valence-electron chi connectivity index (χ0n) is 13.6. The molecule has 7 heteroatoms. The average molecular weight is 324 g/mol. The Morgan fingerprint density at radius 1 is 1.25 bits per heavy atom. The summed E-state index contributed by atoms with van der Waals surface area (Å²) in [4.78, 5) is 0. The predicted octanol–water partition coefficient (Wildman–Crippen LogP) is 2.20. The van der Waals surface area contributed by atoms with Crippen molar-refractivity contribution in [3.8, 4) is 17.1 Å². The Labute approximate surface area is 140 Å². The van der Waals surface area contributed by atoms with E-state index >= 15 is 0 Å². The quantitative estimate of drug-likeness (QED) is 0.795. The summed E-state index contributed by atoms with van der Waals surface area (Å²) >= 11 is 0. The number of rotatable bonds is 4. The first-order valence-corrected chi connectivity index (χ1v) is 8.14. The van der Waals surface area contributed by atoms with Crippen molar-refractivity contribution in [1.82, 2.24) is 24.5 Å². The van der Waals surface area contributed by atoms with E-state index in [0.717, 1.165) is 48.9 Å². The highest BCUT2D eigenvalue weighted by atomic mass is 16.5. The van der Waals surface area contributed by atoms with Crippen molar-refractivity contribution in [3.63, 3.8) is 0 Å². The van der Waals surface area contributed by atoms with Gasteiger partial charge in [0.05, 0.1) is 30.1 Å². The van der Waals surface area contributed by atoms with Crippen LogP contribution in [0.15, 0.2) is 36.5 Å². The lowest BCUT2D eigenvalue weighted by Gasteiger charge is -2.13. The molecule has 0 aliphatic carbocycles. The molecule has 0 radical (unpaired) electrons. The van der Waals surface area contributed by atoms with Crippen LogP contribution < -0.4 is 5.73 Å². The lowest BCUT2D eigenvalue weighted by atomic mass is 10.2. The zero-order chi connectivity index (χ0) is 16.5. The van der Waals surface area contributed by atoms with Crippen molar-refractivity contribution in [3.05, 3.63) is 42.4 Å². The van der Waals surface area contributed by atoms with E-state index in [0.29, 0.717) is 5.82 Å². The standard InChI is InChI=1S/C17H20N6O/c1-12-20-21-17(22(12)11-14-8-5-9-24-14)15-10-19-23(16(15)18)13-6-3-2-4-7-13/h2-4,6-7,10,14H,5,8-9,11,18H2,1H3/t14-/m0/s1. The summed E-state index contributed by atoms with van der Waals surface area (Å²) in [6.07, 6.45) is 4.13. The minimum Gasteiger partial charge on any atom is -0.383 e. The van der Waals surface area contributed by atoms with Gasteiger partial charge in [-0.25, -0.2) is 4.68 Å². The SMILES string of the molecule is Cc1nnc(-c2cnn(-c3ccccc3)c2N)n1C[C@@H]1CCCO1. The molecule has 1 aromatic carbocycles. The number of anilines is 1. The Kier molecular flexibility index (Phi) is 3.78. The first kappa shape index (κ1) is 14.9.